The number of aromatic nitrogens is 1. The maximum Gasteiger partial charge on any atom is 0.216 e. The number of pyridine rings is 1. The molecule has 1 aromatic heterocycles. The number of hydrogen-bond donors (Lipinski definition) is 2. The number of aryl methyl sites for hydroxylation is 1. The average Bonchev–Trinajstić information content (AvgIpc) is 2.35. The Morgan fingerprint density at radius 2 is 2.11 bits per heavy atom. The van der Waals surface area contributed by atoms with E-state index in [1.165, 1.54) is 6.92 Å². The van der Waals surface area contributed by atoms with Gasteiger partial charge in [0.05, 0.1) is 5.52 Å². The van der Waals surface area contributed by atoms with Gasteiger partial charge >= 0.3 is 0 Å². The van der Waals surface area contributed by atoms with Crippen molar-refractivity contribution < 1.29 is 4.79 Å². The Balaban J connectivity index is 2.21. The fourth-order valence-corrected chi connectivity index (χ4v) is 2.27. The summed E-state index contributed by atoms with van der Waals surface area (Å²) < 4.78 is 1.02. The average molecular weight is 322 g/mol. The molecule has 0 radical (unpaired) electrons. The van der Waals surface area contributed by atoms with Crippen LogP contribution in [0.3, 0.4) is 0 Å². The molecule has 19 heavy (non-hydrogen) atoms. The van der Waals surface area contributed by atoms with Gasteiger partial charge in [-0.2, -0.15) is 0 Å². The molecule has 2 N–H and O–H groups in total. The van der Waals surface area contributed by atoms with E-state index in [1.807, 2.05) is 31.2 Å². The number of anilines is 1. The minimum absolute atomic E-state index is 0.0136. The highest BCUT2D eigenvalue weighted by Crippen LogP contribution is 2.26. The van der Waals surface area contributed by atoms with Crippen molar-refractivity contribution in [3.05, 3.63) is 34.4 Å². The molecule has 0 unspecified atom stereocenters. The van der Waals surface area contributed by atoms with Crippen LogP contribution in [0.25, 0.3) is 10.9 Å². The molecule has 2 aromatic rings. The molecule has 5 heteroatoms. The summed E-state index contributed by atoms with van der Waals surface area (Å²) in [5.74, 6) is -0.0136. The molecule has 0 spiro atoms. The zero-order valence-corrected chi connectivity index (χ0v) is 12.5. The van der Waals surface area contributed by atoms with Crippen LogP contribution in [0, 0.1) is 6.92 Å². The maximum absolute atomic E-state index is 10.8. The summed E-state index contributed by atoms with van der Waals surface area (Å²) in [5.41, 5.74) is 2.97. The first-order valence-electron chi connectivity index (χ1n) is 6.11. The van der Waals surface area contributed by atoms with Crippen LogP contribution in [-0.4, -0.2) is 24.0 Å². The second kappa shape index (κ2) is 6.02. The van der Waals surface area contributed by atoms with Gasteiger partial charge in [-0.1, -0.05) is 15.9 Å². The lowest BCUT2D eigenvalue weighted by atomic mass is 10.1. The molecule has 0 aliphatic carbocycles. The number of amides is 1. The number of rotatable bonds is 4. The molecule has 0 aliphatic heterocycles. The van der Waals surface area contributed by atoms with E-state index in [2.05, 4.69) is 31.5 Å². The topological polar surface area (TPSA) is 54.0 Å². The largest absolute Gasteiger partial charge is 0.383 e. The van der Waals surface area contributed by atoms with Crippen LogP contribution in [0.15, 0.2) is 28.7 Å². The molecule has 0 aliphatic rings. The number of halogens is 1. The first kappa shape index (κ1) is 13.8. The quantitative estimate of drug-likeness (QED) is 0.851. The predicted octanol–water partition coefficient (Wildman–Crippen LogP) is 2.85. The van der Waals surface area contributed by atoms with E-state index in [1.54, 1.807) is 0 Å². The molecule has 0 fully saturated rings. The monoisotopic (exact) mass is 321 g/mol. The molecule has 0 saturated carbocycles. The van der Waals surface area contributed by atoms with Crippen molar-refractivity contribution in [1.29, 1.82) is 0 Å². The molecule has 0 saturated heterocycles. The maximum atomic E-state index is 10.8. The van der Waals surface area contributed by atoms with Crippen LogP contribution in [-0.2, 0) is 4.79 Å². The van der Waals surface area contributed by atoms with Crippen molar-refractivity contribution in [1.82, 2.24) is 10.3 Å². The highest BCUT2D eigenvalue weighted by atomic mass is 79.9. The van der Waals surface area contributed by atoms with Crippen molar-refractivity contribution in [2.75, 3.05) is 18.4 Å². The summed E-state index contributed by atoms with van der Waals surface area (Å²) >= 11 is 3.47. The number of nitrogens with one attached hydrogen (secondary N) is 2. The van der Waals surface area contributed by atoms with Gasteiger partial charge < -0.3 is 10.6 Å². The van der Waals surface area contributed by atoms with Gasteiger partial charge in [-0.15, -0.1) is 0 Å². The molecule has 1 heterocycles. The van der Waals surface area contributed by atoms with Gasteiger partial charge in [-0.25, -0.2) is 0 Å². The molecule has 1 aromatic carbocycles. The molecule has 2 rings (SSSR count). The van der Waals surface area contributed by atoms with Crippen molar-refractivity contribution in [3.63, 3.8) is 0 Å². The van der Waals surface area contributed by atoms with Gasteiger partial charge in [0.15, 0.2) is 0 Å². The standard InChI is InChI=1S/C14H16BrN3O/c1-9-7-14(17-6-5-16-10(2)19)12-8-11(15)3-4-13(12)18-9/h3-4,7-8H,5-6H2,1-2H3,(H,16,19)(H,17,18). The van der Waals surface area contributed by atoms with Crippen LogP contribution in [0.4, 0.5) is 5.69 Å². The van der Waals surface area contributed by atoms with E-state index < -0.39 is 0 Å². The Hall–Kier alpha value is -1.62. The Kier molecular flexibility index (Phi) is 4.37. The van der Waals surface area contributed by atoms with Gasteiger partial charge in [-0.3, -0.25) is 9.78 Å². The third-order valence-corrected chi connectivity index (χ3v) is 3.21. The van der Waals surface area contributed by atoms with Crippen LogP contribution in [0.1, 0.15) is 12.6 Å². The van der Waals surface area contributed by atoms with Gasteiger partial charge in [0.25, 0.3) is 0 Å². The van der Waals surface area contributed by atoms with Crippen molar-refractivity contribution in [2.45, 2.75) is 13.8 Å². The van der Waals surface area contributed by atoms with E-state index in [0.29, 0.717) is 13.1 Å². The smallest absolute Gasteiger partial charge is 0.216 e. The van der Waals surface area contributed by atoms with Gasteiger partial charge in [0.2, 0.25) is 5.91 Å². The summed E-state index contributed by atoms with van der Waals surface area (Å²) in [4.78, 5) is 15.3. The Labute approximate surface area is 120 Å². The second-order valence-electron chi connectivity index (χ2n) is 4.38. The molecule has 4 nitrogen and oxygen atoms in total. The highest BCUT2D eigenvalue weighted by Gasteiger charge is 2.04. The van der Waals surface area contributed by atoms with E-state index >= 15 is 0 Å². The van der Waals surface area contributed by atoms with Crippen molar-refractivity contribution in [3.8, 4) is 0 Å². The number of nitrogens with zero attached hydrogens (tertiary/aromatic N) is 1. The Morgan fingerprint density at radius 3 is 2.84 bits per heavy atom. The summed E-state index contributed by atoms with van der Waals surface area (Å²) in [7, 11) is 0. The van der Waals surface area contributed by atoms with Gasteiger partial charge in [-0.05, 0) is 31.2 Å². The number of hydrogen-bond acceptors (Lipinski definition) is 3. The number of carbonyl (C=O) groups excluding carboxylic acids is 1. The lowest BCUT2D eigenvalue weighted by molar-refractivity contribution is -0.118. The number of carbonyl (C=O) groups is 1. The lowest BCUT2D eigenvalue weighted by Gasteiger charge is -2.11. The molecular weight excluding hydrogens is 306 g/mol. The normalized spacial score (nSPS) is 10.5. The molecule has 0 bridgehead atoms. The highest BCUT2D eigenvalue weighted by molar-refractivity contribution is 9.10. The van der Waals surface area contributed by atoms with E-state index in [-0.39, 0.29) is 5.91 Å². The Bertz CT molecular complexity index is 613. The first-order valence-corrected chi connectivity index (χ1v) is 6.91. The van der Waals surface area contributed by atoms with Gasteiger partial charge in [0.1, 0.15) is 0 Å². The minimum Gasteiger partial charge on any atom is -0.383 e. The van der Waals surface area contributed by atoms with Crippen LogP contribution in [0.2, 0.25) is 0 Å². The summed E-state index contributed by atoms with van der Waals surface area (Å²) in [6.45, 7) is 4.78. The molecule has 0 atom stereocenters. The van der Waals surface area contributed by atoms with Crippen LogP contribution in [0.5, 0.6) is 0 Å². The van der Waals surface area contributed by atoms with Crippen LogP contribution >= 0.6 is 15.9 Å². The third-order valence-electron chi connectivity index (χ3n) is 2.71. The summed E-state index contributed by atoms with van der Waals surface area (Å²) in [5, 5.41) is 7.17. The molecule has 1 amide bonds. The zero-order chi connectivity index (χ0) is 13.8. The fourth-order valence-electron chi connectivity index (χ4n) is 1.91. The second-order valence-corrected chi connectivity index (χ2v) is 5.30. The Morgan fingerprint density at radius 1 is 1.32 bits per heavy atom. The van der Waals surface area contributed by atoms with E-state index in [4.69, 9.17) is 0 Å². The zero-order valence-electron chi connectivity index (χ0n) is 11.0. The van der Waals surface area contributed by atoms with Crippen molar-refractivity contribution in [2.24, 2.45) is 0 Å². The van der Waals surface area contributed by atoms with Crippen molar-refractivity contribution >= 4 is 38.4 Å². The summed E-state index contributed by atoms with van der Waals surface area (Å²) in [6.07, 6.45) is 0. The van der Waals surface area contributed by atoms with E-state index in [9.17, 15) is 4.79 Å². The van der Waals surface area contributed by atoms with E-state index in [0.717, 1.165) is 26.8 Å². The van der Waals surface area contributed by atoms with Gasteiger partial charge in [0, 0.05) is 41.3 Å². The molecular formula is C14H16BrN3O. The van der Waals surface area contributed by atoms with Crippen LogP contribution < -0.4 is 10.6 Å². The number of fused-ring (bicyclic) bond motifs is 1. The number of benzene rings is 1. The summed E-state index contributed by atoms with van der Waals surface area (Å²) in [6, 6.07) is 8.03. The molecule has 100 valence electrons. The predicted molar refractivity (Wildman–Crippen MR) is 81.4 cm³/mol. The minimum atomic E-state index is -0.0136. The fraction of sp³-hybridized carbons (Fsp3) is 0.286. The SMILES string of the molecule is CC(=O)NCCNc1cc(C)nc2ccc(Br)cc12. The third kappa shape index (κ3) is 3.67. The first-order chi connectivity index (χ1) is 9.06. The lowest BCUT2D eigenvalue weighted by Crippen LogP contribution is -2.26.